The number of hydrogen-bond donors (Lipinski definition) is 2. The summed E-state index contributed by atoms with van der Waals surface area (Å²) in [5.41, 5.74) is 1.76. The lowest BCUT2D eigenvalue weighted by Gasteiger charge is -2.45. The summed E-state index contributed by atoms with van der Waals surface area (Å²) in [7, 11) is 1.74. The Morgan fingerprint density at radius 3 is 2.56 bits per heavy atom. The summed E-state index contributed by atoms with van der Waals surface area (Å²) >= 11 is 0. The molecule has 3 heterocycles. The van der Waals surface area contributed by atoms with Gasteiger partial charge >= 0.3 is 0 Å². The molecule has 1 aromatic carbocycles. The summed E-state index contributed by atoms with van der Waals surface area (Å²) in [5, 5.41) is 21.7. The number of likely N-dealkylation sites (tertiary alicyclic amines) is 1. The van der Waals surface area contributed by atoms with Crippen molar-refractivity contribution in [3.63, 3.8) is 0 Å². The van der Waals surface area contributed by atoms with Crippen molar-refractivity contribution in [3.8, 4) is 5.75 Å². The number of amides is 2. The van der Waals surface area contributed by atoms with Crippen LogP contribution in [0.15, 0.2) is 42.6 Å². The average Bonchev–Trinajstić information content (AvgIpc) is 2.83. The number of carbonyl (C=O) groups excluding carboxylic acids is 2. The van der Waals surface area contributed by atoms with Gasteiger partial charge in [0.25, 0.3) is 11.8 Å². The second kappa shape index (κ2) is 10.1. The molecule has 0 bridgehead atoms. The van der Waals surface area contributed by atoms with Crippen LogP contribution in [0, 0.1) is 12.3 Å². The minimum absolute atomic E-state index is 0.0643. The maximum absolute atomic E-state index is 13.0. The van der Waals surface area contributed by atoms with Gasteiger partial charge in [0.1, 0.15) is 5.75 Å². The molecule has 1 fully saturated rings. The maximum atomic E-state index is 13.0. The minimum Gasteiger partial charge on any atom is -0.483 e. The molecule has 0 aliphatic carbocycles. The smallest absolute Gasteiger partial charge is 0.260 e. The van der Waals surface area contributed by atoms with E-state index in [-0.39, 0.29) is 24.8 Å². The fourth-order valence-corrected chi connectivity index (χ4v) is 4.98. The Labute approximate surface area is 200 Å². The molecule has 2 amide bonds. The van der Waals surface area contributed by atoms with Crippen molar-refractivity contribution in [2.45, 2.75) is 44.8 Å². The van der Waals surface area contributed by atoms with E-state index in [4.69, 9.17) is 4.74 Å². The van der Waals surface area contributed by atoms with E-state index in [2.05, 4.69) is 4.98 Å². The van der Waals surface area contributed by atoms with E-state index in [1.54, 1.807) is 35.2 Å². The van der Waals surface area contributed by atoms with Crippen LogP contribution in [0.1, 0.15) is 40.9 Å². The molecule has 2 aromatic rings. The number of carbonyl (C=O) groups is 2. The Morgan fingerprint density at radius 2 is 1.85 bits per heavy atom. The van der Waals surface area contributed by atoms with E-state index < -0.39 is 17.6 Å². The molecule has 4 rings (SSSR count). The molecule has 0 radical (unpaired) electrons. The number of para-hydroxylation sites is 1. The molecule has 34 heavy (non-hydrogen) atoms. The first-order chi connectivity index (χ1) is 16.3. The maximum Gasteiger partial charge on any atom is 0.260 e. The van der Waals surface area contributed by atoms with Crippen LogP contribution in [0.25, 0.3) is 0 Å². The summed E-state index contributed by atoms with van der Waals surface area (Å²) in [6.45, 7) is 3.24. The van der Waals surface area contributed by atoms with E-state index >= 15 is 0 Å². The lowest BCUT2D eigenvalue weighted by molar-refractivity contribution is -0.135. The normalized spacial score (nSPS) is 23.5. The zero-order valence-corrected chi connectivity index (χ0v) is 19.8. The quantitative estimate of drug-likeness (QED) is 0.663. The fourth-order valence-electron chi connectivity index (χ4n) is 4.98. The van der Waals surface area contributed by atoms with Gasteiger partial charge in [0.15, 0.2) is 6.61 Å². The van der Waals surface area contributed by atoms with Crippen LogP contribution in [0.3, 0.4) is 0 Å². The van der Waals surface area contributed by atoms with Gasteiger partial charge in [-0.25, -0.2) is 0 Å². The van der Waals surface area contributed by atoms with Gasteiger partial charge in [-0.1, -0.05) is 18.2 Å². The zero-order chi connectivity index (χ0) is 24.3. The highest BCUT2D eigenvalue weighted by molar-refractivity contribution is 5.94. The molecule has 1 saturated heterocycles. The molecule has 1 aromatic heterocycles. The Bertz CT molecular complexity index is 1020. The van der Waals surface area contributed by atoms with Crippen molar-refractivity contribution >= 4 is 11.8 Å². The molecule has 2 atom stereocenters. The Balaban J connectivity index is 1.51. The number of benzene rings is 1. The van der Waals surface area contributed by atoms with Crippen molar-refractivity contribution in [1.29, 1.82) is 0 Å². The predicted octanol–water partition coefficient (Wildman–Crippen LogP) is 1.82. The first kappa shape index (κ1) is 24.2. The number of aliphatic hydroxyl groups excluding tert-OH is 2. The van der Waals surface area contributed by atoms with E-state index in [0.29, 0.717) is 50.2 Å². The number of rotatable bonds is 1. The second-order valence-electron chi connectivity index (χ2n) is 9.67. The van der Waals surface area contributed by atoms with Gasteiger partial charge < -0.3 is 24.7 Å². The average molecular weight is 468 g/mol. The number of aromatic nitrogens is 1. The number of pyridine rings is 1. The van der Waals surface area contributed by atoms with Crippen molar-refractivity contribution in [3.05, 3.63) is 59.4 Å². The van der Waals surface area contributed by atoms with Crippen LogP contribution in [-0.4, -0.2) is 82.3 Å². The zero-order valence-electron chi connectivity index (χ0n) is 19.8. The third kappa shape index (κ3) is 5.39. The second-order valence-corrected chi connectivity index (χ2v) is 9.67. The number of aryl methyl sites for hydroxylation is 1. The summed E-state index contributed by atoms with van der Waals surface area (Å²) in [6, 6.07) is 10.9. The summed E-state index contributed by atoms with van der Waals surface area (Å²) in [4.78, 5) is 33.4. The first-order valence-corrected chi connectivity index (χ1v) is 11.8. The van der Waals surface area contributed by atoms with Gasteiger partial charge in [-0.15, -0.1) is 0 Å². The van der Waals surface area contributed by atoms with Gasteiger partial charge in [-0.2, -0.15) is 0 Å². The topological polar surface area (TPSA) is 103 Å². The fraction of sp³-hybridized carbons (Fsp3) is 0.500. The number of likely N-dealkylation sites (N-methyl/N-ethyl adjacent to an activating group) is 1. The van der Waals surface area contributed by atoms with Crippen molar-refractivity contribution in [2.75, 3.05) is 33.3 Å². The van der Waals surface area contributed by atoms with E-state index in [1.165, 1.54) is 0 Å². The summed E-state index contributed by atoms with van der Waals surface area (Å²) in [5.74, 6) is 0.336. The predicted molar refractivity (Wildman–Crippen MR) is 126 cm³/mol. The molecule has 2 aliphatic rings. The van der Waals surface area contributed by atoms with Crippen molar-refractivity contribution in [1.82, 2.24) is 14.8 Å². The highest BCUT2D eigenvalue weighted by Gasteiger charge is 2.41. The third-order valence-corrected chi connectivity index (χ3v) is 7.11. The number of nitrogens with zero attached hydrogens (tertiary/aromatic N) is 3. The van der Waals surface area contributed by atoms with E-state index in [0.717, 1.165) is 11.3 Å². The van der Waals surface area contributed by atoms with Crippen molar-refractivity contribution < 1.29 is 24.5 Å². The molecule has 2 aliphatic heterocycles. The molecule has 1 spiro atoms. The number of aliphatic hydroxyl groups is 2. The minimum atomic E-state index is -0.959. The van der Waals surface area contributed by atoms with Crippen LogP contribution < -0.4 is 4.74 Å². The Morgan fingerprint density at radius 1 is 1.12 bits per heavy atom. The van der Waals surface area contributed by atoms with Crippen LogP contribution in [-0.2, 0) is 11.2 Å². The van der Waals surface area contributed by atoms with Crippen LogP contribution in [0.5, 0.6) is 5.75 Å². The number of ether oxygens (including phenoxy) is 1. The highest BCUT2D eigenvalue weighted by Crippen LogP contribution is 2.38. The van der Waals surface area contributed by atoms with Gasteiger partial charge in [-0.05, 0) is 55.4 Å². The van der Waals surface area contributed by atoms with Crippen LogP contribution in [0.2, 0.25) is 0 Å². The van der Waals surface area contributed by atoms with Crippen LogP contribution >= 0.6 is 0 Å². The molecule has 0 unspecified atom stereocenters. The monoisotopic (exact) mass is 467 g/mol. The number of fused-ring (bicyclic) bond motifs is 1. The van der Waals surface area contributed by atoms with Gasteiger partial charge in [-0.3, -0.25) is 14.6 Å². The molecule has 2 N–H and O–H groups in total. The number of piperidine rings is 1. The SMILES string of the molecule is Cc1ccc(C(=O)N2CCC3(CC2)C[C@@H](O)[C@@H](O)Cc2ccccc2OCC(=O)N(C)C3)cn1. The lowest BCUT2D eigenvalue weighted by atomic mass is 9.72. The molecule has 8 nitrogen and oxygen atoms in total. The summed E-state index contributed by atoms with van der Waals surface area (Å²) < 4.78 is 5.77. The van der Waals surface area contributed by atoms with Crippen molar-refractivity contribution in [2.24, 2.45) is 5.41 Å². The Hall–Kier alpha value is -2.97. The molecule has 0 saturated carbocycles. The largest absolute Gasteiger partial charge is 0.483 e. The van der Waals surface area contributed by atoms with E-state index in [1.807, 2.05) is 31.2 Å². The van der Waals surface area contributed by atoms with Gasteiger partial charge in [0, 0.05) is 45.0 Å². The van der Waals surface area contributed by atoms with Gasteiger partial charge in [0.05, 0.1) is 17.8 Å². The number of hydrogen-bond acceptors (Lipinski definition) is 6. The standard InChI is InChI=1S/C26H33N3O5/c1-18-7-8-20(15-27-18)25(33)29-11-9-26(10-12-29)14-22(31)21(30)13-19-5-3-4-6-23(19)34-16-24(32)28(2)17-26/h3-8,15,21-22,30-31H,9-14,16-17H2,1-2H3/t21-,22+/m0/s1. The first-order valence-electron chi connectivity index (χ1n) is 11.8. The van der Waals surface area contributed by atoms with E-state index in [9.17, 15) is 19.8 Å². The molecular formula is C26H33N3O5. The molecule has 8 heteroatoms. The van der Waals surface area contributed by atoms with Gasteiger partial charge in [0.2, 0.25) is 0 Å². The molecule has 182 valence electrons. The Kier molecular flexibility index (Phi) is 7.19. The molecular weight excluding hydrogens is 434 g/mol. The third-order valence-electron chi connectivity index (χ3n) is 7.11. The summed E-state index contributed by atoms with van der Waals surface area (Å²) in [6.07, 6.45) is 1.52. The lowest BCUT2D eigenvalue weighted by Crippen LogP contribution is -2.51. The van der Waals surface area contributed by atoms with Crippen LogP contribution in [0.4, 0.5) is 0 Å². The highest BCUT2D eigenvalue weighted by atomic mass is 16.5.